The predicted octanol–water partition coefficient (Wildman–Crippen LogP) is 3.04. The lowest BCUT2D eigenvalue weighted by molar-refractivity contribution is -0.121. The first-order chi connectivity index (χ1) is 14.1. The van der Waals surface area contributed by atoms with Crippen molar-refractivity contribution in [3.8, 4) is 17.2 Å². The molecule has 1 amide bonds. The van der Waals surface area contributed by atoms with Crippen molar-refractivity contribution in [3.63, 3.8) is 0 Å². The highest BCUT2D eigenvalue weighted by Crippen LogP contribution is 2.27. The Hall–Kier alpha value is -2.73. The second-order valence-corrected chi connectivity index (χ2v) is 7.34. The van der Waals surface area contributed by atoms with Gasteiger partial charge in [0.1, 0.15) is 5.75 Å². The van der Waals surface area contributed by atoms with Gasteiger partial charge in [0.05, 0.1) is 27.8 Å². The summed E-state index contributed by atoms with van der Waals surface area (Å²) in [5, 5.41) is 3.18. The molecule has 0 radical (unpaired) electrons. The highest BCUT2D eigenvalue weighted by atomic mass is 16.5. The summed E-state index contributed by atoms with van der Waals surface area (Å²) in [6, 6.07) is 14.0. The SMILES string of the molecule is COc1cccc(CN2CCC(NC(=O)Cc3ccc(OC)c(OC)c3)CC2)c1. The van der Waals surface area contributed by atoms with Gasteiger partial charge >= 0.3 is 0 Å². The molecule has 1 aliphatic rings. The van der Waals surface area contributed by atoms with Gasteiger partial charge in [-0.1, -0.05) is 18.2 Å². The smallest absolute Gasteiger partial charge is 0.224 e. The van der Waals surface area contributed by atoms with Gasteiger partial charge in [-0.15, -0.1) is 0 Å². The number of hydrogen-bond acceptors (Lipinski definition) is 5. The molecular formula is C23H30N2O4. The van der Waals surface area contributed by atoms with Crippen LogP contribution >= 0.6 is 0 Å². The highest BCUT2D eigenvalue weighted by Gasteiger charge is 2.21. The molecule has 1 heterocycles. The monoisotopic (exact) mass is 398 g/mol. The molecular weight excluding hydrogens is 368 g/mol. The Labute approximate surface area is 172 Å². The fourth-order valence-electron chi connectivity index (χ4n) is 3.72. The number of nitrogens with one attached hydrogen (secondary N) is 1. The third kappa shape index (κ3) is 5.87. The van der Waals surface area contributed by atoms with Crippen LogP contribution < -0.4 is 19.5 Å². The molecule has 0 aromatic heterocycles. The number of ether oxygens (including phenoxy) is 3. The van der Waals surface area contributed by atoms with Crippen LogP contribution in [0.3, 0.4) is 0 Å². The number of carbonyl (C=O) groups is 1. The van der Waals surface area contributed by atoms with Crippen LogP contribution in [0.1, 0.15) is 24.0 Å². The van der Waals surface area contributed by atoms with Crippen molar-refractivity contribution in [2.45, 2.75) is 31.8 Å². The van der Waals surface area contributed by atoms with Crippen LogP contribution in [-0.2, 0) is 17.8 Å². The molecule has 0 unspecified atom stereocenters. The summed E-state index contributed by atoms with van der Waals surface area (Å²) >= 11 is 0. The van der Waals surface area contributed by atoms with E-state index >= 15 is 0 Å². The van der Waals surface area contributed by atoms with E-state index in [1.54, 1.807) is 21.3 Å². The molecule has 0 atom stereocenters. The molecule has 6 heteroatoms. The summed E-state index contributed by atoms with van der Waals surface area (Å²) in [5.41, 5.74) is 2.16. The molecule has 0 aliphatic carbocycles. The highest BCUT2D eigenvalue weighted by molar-refractivity contribution is 5.79. The number of nitrogens with zero attached hydrogens (tertiary/aromatic N) is 1. The molecule has 0 saturated carbocycles. The summed E-state index contributed by atoms with van der Waals surface area (Å²) < 4.78 is 15.9. The molecule has 2 aromatic carbocycles. The summed E-state index contributed by atoms with van der Waals surface area (Å²) in [6.45, 7) is 2.85. The summed E-state index contributed by atoms with van der Waals surface area (Å²) in [7, 11) is 4.89. The molecule has 1 fully saturated rings. The van der Waals surface area contributed by atoms with E-state index in [-0.39, 0.29) is 11.9 Å². The molecule has 1 aliphatic heterocycles. The van der Waals surface area contributed by atoms with Gasteiger partial charge in [0.25, 0.3) is 0 Å². The van der Waals surface area contributed by atoms with Crippen molar-refractivity contribution in [1.82, 2.24) is 10.2 Å². The van der Waals surface area contributed by atoms with Crippen molar-refractivity contribution in [2.24, 2.45) is 0 Å². The Balaban J connectivity index is 1.46. The van der Waals surface area contributed by atoms with Crippen LogP contribution in [0.15, 0.2) is 42.5 Å². The van der Waals surface area contributed by atoms with Gasteiger partial charge in [-0.25, -0.2) is 0 Å². The number of amides is 1. The maximum atomic E-state index is 12.5. The molecule has 1 N–H and O–H groups in total. The topological polar surface area (TPSA) is 60.0 Å². The maximum absolute atomic E-state index is 12.5. The van der Waals surface area contributed by atoms with Gasteiger partial charge < -0.3 is 19.5 Å². The van der Waals surface area contributed by atoms with Crippen molar-refractivity contribution in [3.05, 3.63) is 53.6 Å². The van der Waals surface area contributed by atoms with Crippen molar-refractivity contribution < 1.29 is 19.0 Å². The van der Waals surface area contributed by atoms with Crippen LogP contribution in [0.25, 0.3) is 0 Å². The summed E-state index contributed by atoms with van der Waals surface area (Å²) in [5.74, 6) is 2.24. The first kappa shape index (κ1) is 21.0. The first-order valence-corrected chi connectivity index (χ1v) is 9.97. The predicted molar refractivity (Wildman–Crippen MR) is 113 cm³/mol. The minimum absolute atomic E-state index is 0.0449. The van der Waals surface area contributed by atoms with Crippen LogP contribution in [0, 0.1) is 0 Å². The third-order valence-electron chi connectivity index (χ3n) is 5.31. The van der Waals surface area contributed by atoms with Gasteiger partial charge in [0.15, 0.2) is 11.5 Å². The van der Waals surface area contributed by atoms with E-state index in [4.69, 9.17) is 14.2 Å². The fourth-order valence-corrected chi connectivity index (χ4v) is 3.72. The van der Waals surface area contributed by atoms with E-state index in [9.17, 15) is 4.79 Å². The molecule has 3 rings (SSSR count). The molecule has 0 spiro atoms. The Kier molecular flexibility index (Phi) is 7.36. The number of piperidine rings is 1. The van der Waals surface area contributed by atoms with E-state index < -0.39 is 0 Å². The zero-order chi connectivity index (χ0) is 20.6. The lowest BCUT2D eigenvalue weighted by atomic mass is 10.0. The quantitative estimate of drug-likeness (QED) is 0.741. The Morgan fingerprint density at radius 1 is 0.966 bits per heavy atom. The van der Waals surface area contributed by atoms with Crippen LogP contribution in [0.4, 0.5) is 0 Å². The molecule has 156 valence electrons. The van der Waals surface area contributed by atoms with Crippen molar-refractivity contribution >= 4 is 5.91 Å². The molecule has 29 heavy (non-hydrogen) atoms. The van der Waals surface area contributed by atoms with E-state index in [0.717, 1.165) is 43.8 Å². The molecule has 2 aromatic rings. The number of carbonyl (C=O) groups excluding carboxylic acids is 1. The third-order valence-corrected chi connectivity index (χ3v) is 5.31. The van der Waals surface area contributed by atoms with Crippen molar-refractivity contribution in [2.75, 3.05) is 34.4 Å². The zero-order valence-electron chi connectivity index (χ0n) is 17.4. The number of benzene rings is 2. The van der Waals surface area contributed by atoms with Gasteiger partial charge in [-0.2, -0.15) is 0 Å². The Bertz CT molecular complexity index is 816. The second kappa shape index (κ2) is 10.2. The zero-order valence-corrected chi connectivity index (χ0v) is 17.4. The largest absolute Gasteiger partial charge is 0.497 e. The van der Waals surface area contributed by atoms with E-state index in [1.807, 2.05) is 30.3 Å². The van der Waals surface area contributed by atoms with E-state index in [0.29, 0.717) is 17.9 Å². The summed E-state index contributed by atoms with van der Waals surface area (Å²) in [6.07, 6.45) is 2.26. The number of methoxy groups -OCH3 is 3. The normalized spacial score (nSPS) is 15.0. The minimum atomic E-state index is 0.0449. The lowest BCUT2D eigenvalue weighted by Gasteiger charge is -2.32. The Morgan fingerprint density at radius 3 is 2.41 bits per heavy atom. The molecule has 6 nitrogen and oxygen atoms in total. The van der Waals surface area contributed by atoms with Crippen LogP contribution in [0.5, 0.6) is 17.2 Å². The first-order valence-electron chi connectivity index (χ1n) is 9.97. The van der Waals surface area contributed by atoms with Crippen molar-refractivity contribution in [1.29, 1.82) is 0 Å². The maximum Gasteiger partial charge on any atom is 0.224 e. The minimum Gasteiger partial charge on any atom is -0.497 e. The van der Waals surface area contributed by atoms with E-state index in [2.05, 4.69) is 22.3 Å². The number of hydrogen-bond donors (Lipinski definition) is 1. The van der Waals surface area contributed by atoms with Gasteiger partial charge in [0, 0.05) is 25.7 Å². The molecule has 1 saturated heterocycles. The molecule has 0 bridgehead atoms. The fraction of sp³-hybridized carbons (Fsp3) is 0.435. The Morgan fingerprint density at radius 2 is 1.72 bits per heavy atom. The second-order valence-electron chi connectivity index (χ2n) is 7.34. The van der Waals surface area contributed by atoms with Gasteiger partial charge in [0.2, 0.25) is 5.91 Å². The van der Waals surface area contributed by atoms with Crippen LogP contribution in [0.2, 0.25) is 0 Å². The summed E-state index contributed by atoms with van der Waals surface area (Å²) in [4.78, 5) is 14.9. The lowest BCUT2D eigenvalue weighted by Crippen LogP contribution is -2.44. The van der Waals surface area contributed by atoms with Crippen LogP contribution in [-0.4, -0.2) is 51.3 Å². The van der Waals surface area contributed by atoms with Gasteiger partial charge in [-0.05, 0) is 48.2 Å². The average Bonchev–Trinajstić information content (AvgIpc) is 2.75. The number of rotatable bonds is 8. The van der Waals surface area contributed by atoms with E-state index in [1.165, 1.54) is 5.56 Å². The average molecular weight is 399 g/mol. The number of likely N-dealkylation sites (tertiary alicyclic amines) is 1. The standard InChI is InChI=1S/C23H30N2O4/c1-27-20-6-4-5-18(13-20)16-25-11-9-19(10-12-25)24-23(26)15-17-7-8-21(28-2)22(14-17)29-3/h4-8,13-14,19H,9-12,15-16H2,1-3H3,(H,24,26). The van der Waals surface area contributed by atoms with Gasteiger partial charge in [-0.3, -0.25) is 9.69 Å².